The lowest BCUT2D eigenvalue weighted by atomic mass is 10.2. The van der Waals surface area contributed by atoms with E-state index < -0.39 is 0 Å². The highest BCUT2D eigenvalue weighted by Gasteiger charge is 2.08. The van der Waals surface area contributed by atoms with E-state index in [0.29, 0.717) is 19.8 Å². The fourth-order valence-corrected chi connectivity index (χ4v) is 2.15. The Morgan fingerprint density at radius 3 is 2.70 bits per heavy atom. The van der Waals surface area contributed by atoms with Gasteiger partial charge in [-0.25, -0.2) is 9.48 Å². The minimum absolute atomic E-state index is 0.0484. The molecule has 0 amide bonds. The van der Waals surface area contributed by atoms with Crippen molar-refractivity contribution in [3.63, 3.8) is 0 Å². The van der Waals surface area contributed by atoms with Crippen LogP contribution in [0.3, 0.4) is 0 Å². The van der Waals surface area contributed by atoms with Gasteiger partial charge in [0.2, 0.25) is 0 Å². The van der Waals surface area contributed by atoms with E-state index in [1.807, 2.05) is 37.3 Å². The van der Waals surface area contributed by atoms with Crippen molar-refractivity contribution >= 4 is 0 Å². The van der Waals surface area contributed by atoms with Crippen molar-refractivity contribution in [2.45, 2.75) is 32.9 Å². The molecular formula is C15H21N3O2. The van der Waals surface area contributed by atoms with Crippen molar-refractivity contribution in [3.8, 4) is 0 Å². The normalized spacial score (nSPS) is 10.9. The highest BCUT2D eigenvalue weighted by atomic mass is 16.5. The minimum Gasteiger partial charge on any atom is -0.377 e. The Morgan fingerprint density at radius 1 is 1.25 bits per heavy atom. The van der Waals surface area contributed by atoms with E-state index in [1.54, 1.807) is 11.6 Å². The second-order valence-electron chi connectivity index (χ2n) is 4.71. The zero-order chi connectivity index (χ0) is 14.4. The molecule has 0 unspecified atom stereocenters. The molecule has 0 bridgehead atoms. The fourth-order valence-electron chi connectivity index (χ4n) is 2.15. The van der Waals surface area contributed by atoms with Crippen LogP contribution in [0, 0.1) is 0 Å². The zero-order valence-corrected chi connectivity index (χ0v) is 12.1. The van der Waals surface area contributed by atoms with Crippen LogP contribution in [0.1, 0.15) is 24.7 Å². The standard InChI is InChI=1S/C15H21N3O2/c1-3-18-14(16-17(2)15(18)19)10-7-11-20-12-13-8-5-4-6-9-13/h4-6,8-9H,3,7,10-12H2,1-2H3. The van der Waals surface area contributed by atoms with Gasteiger partial charge in [0.1, 0.15) is 5.82 Å². The summed E-state index contributed by atoms with van der Waals surface area (Å²) < 4.78 is 8.73. The molecule has 0 saturated heterocycles. The summed E-state index contributed by atoms with van der Waals surface area (Å²) in [4.78, 5) is 11.7. The van der Waals surface area contributed by atoms with Crippen LogP contribution < -0.4 is 5.69 Å². The second-order valence-corrected chi connectivity index (χ2v) is 4.71. The molecule has 0 aliphatic carbocycles. The zero-order valence-electron chi connectivity index (χ0n) is 12.1. The summed E-state index contributed by atoms with van der Waals surface area (Å²) >= 11 is 0. The first kappa shape index (κ1) is 14.5. The molecule has 5 heteroatoms. The molecule has 1 aromatic carbocycles. The molecule has 0 radical (unpaired) electrons. The number of hydrogen-bond acceptors (Lipinski definition) is 3. The van der Waals surface area contributed by atoms with Crippen LogP contribution in [0.5, 0.6) is 0 Å². The molecule has 2 rings (SSSR count). The molecular weight excluding hydrogens is 254 g/mol. The first-order valence-corrected chi connectivity index (χ1v) is 6.96. The van der Waals surface area contributed by atoms with Gasteiger partial charge in [-0.1, -0.05) is 30.3 Å². The lowest BCUT2D eigenvalue weighted by Gasteiger charge is -2.04. The third kappa shape index (κ3) is 3.57. The fraction of sp³-hybridized carbons (Fsp3) is 0.467. The summed E-state index contributed by atoms with van der Waals surface area (Å²) in [5.41, 5.74) is 1.13. The predicted molar refractivity (Wildman–Crippen MR) is 77.6 cm³/mol. The first-order valence-electron chi connectivity index (χ1n) is 6.96. The molecule has 0 N–H and O–H groups in total. The summed E-state index contributed by atoms with van der Waals surface area (Å²) in [6.45, 7) is 3.92. The summed E-state index contributed by atoms with van der Waals surface area (Å²) in [5.74, 6) is 0.836. The van der Waals surface area contributed by atoms with E-state index in [1.165, 1.54) is 10.2 Å². The Balaban J connectivity index is 1.76. The van der Waals surface area contributed by atoms with Gasteiger partial charge < -0.3 is 4.74 Å². The van der Waals surface area contributed by atoms with E-state index in [-0.39, 0.29) is 5.69 Å². The Kier molecular flexibility index (Phi) is 5.12. The third-order valence-electron chi connectivity index (χ3n) is 3.20. The van der Waals surface area contributed by atoms with Crippen LogP contribution in [-0.2, 0) is 31.4 Å². The largest absolute Gasteiger partial charge is 0.377 e. The summed E-state index contributed by atoms with van der Waals surface area (Å²) in [5, 5.41) is 4.25. The third-order valence-corrected chi connectivity index (χ3v) is 3.20. The van der Waals surface area contributed by atoms with Crippen molar-refractivity contribution in [1.29, 1.82) is 0 Å². The highest BCUT2D eigenvalue weighted by molar-refractivity contribution is 5.13. The molecule has 108 valence electrons. The van der Waals surface area contributed by atoms with Crippen LogP contribution in [0.15, 0.2) is 35.1 Å². The van der Waals surface area contributed by atoms with Crippen LogP contribution in [-0.4, -0.2) is 21.0 Å². The molecule has 0 fully saturated rings. The number of hydrogen-bond donors (Lipinski definition) is 0. The van der Waals surface area contributed by atoms with E-state index in [2.05, 4.69) is 5.10 Å². The van der Waals surface area contributed by atoms with E-state index in [4.69, 9.17) is 4.74 Å². The van der Waals surface area contributed by atoms with E-state index in [0.717, 1.165) is 18.7 Å². The lowest BCUT2D eigenvalue weighted by molar-refractivity contribution is 0.118. The van der Waals surface area contributed by atoms with E-state index >= 15 is 0 Å². The Morgan fingerprint density at radius 2 is 2.00 bits per heavy atom. The van der Waals surface area contributed by atoms with Crippen molar-refractivity contribution in [3.05, 3.63) is 52.2 Å². The number of aryl methyl sites for hydroxylation is 2. The number of benzene rings is 1. The van der Waals surface area contributed by atoms with Crippen molar-refractivity contribution in [1.82, 2.24) is 14.3 Å². The molecule has 0 aliphatic heterocycles. The molecule has 0 atom stereocenters. The van der Waals surface area contributed by atoms with Gasteiger partial charge in [-0.2, -0.15) is 5.10 Å². The van der Waals surface area contributed by atoms with Gasteiger partial charge in [-0.3, -0.25) is 4.57 Å². The maximum Gasteiger partial charge on any atom is 0.345 e. The number of nitrogens with zero attached hydrogens (tertiary/aromatic N) is 3. The first-order chi connectivity index (χ1) is 9.72. The second kappa shape index (κ2) is 7.05. The van der Waals surface area contributed by atoms with Crippen molar-refractivity contribution in [2.75, 3.05) is 6.61 Å². The van der Waals surface area contributed by atoms with Crippen LogP contribution >= 0.6 is 0 Å². The smallest absolute Gasteiger partial charge is 0.345 e. The summed E-state index contributed by atoms with van der Waals surface area (Å²) in [6, 6.07) is 10.1. The van der Waals surface area contributed by atoms with Gasteiger partial charge in [-0.05, 0) is 18.9 Å². The monoisotopic (exact) mass is 275 g/mol. The SMILES string of the molecule is CCn1c(CCCOCc2ccccc2)nn(C)c1=O. The van der Waals surface area contributed by atoms with Crippen LogP contribution in [0.2, 0.25) is 0 Å². The van der Waals surface area contributed by atoms with Gasteiger partial charge in [0.15, 0.2) is 0 Å². The number of ether oxygens (including phenoxy) is 1. The lowest BCUT2D eigenvalue weighted by Crippen LogP contribution is -2.22. The molecule has 1 aromatic heterocycles. The quantitative estimate of drug-likeness (QED) is 0.723. The van der Waals surface area contributed by atoms with Crippen LogP contribution in [0.25, 0.3) is 0 Å². The van der Waals surface area contributed by atoms with Gasteiger partial charge in [0.25, 0.3) is 0 Å². The van der Waals surface area contributed by atoms with Gasteiger partial charge >= 0.3 is 5.69 Å². The molecule has 20 heavy (non-hydrogen) atoms. The number of aromatic nitrogens is 3. The summed E-state index contributed by atoms with van der Waals surface area (Å²) in [7, 11) is 1.68. The van der Waals surface area contributed by atoms with Gasteiger partial charge in [0, 0.05) is 26.6 Å². The van der Waals surface area contributed by atoms with Crippen molar-refractivity contribution in [2.24, 2.45) is 7.05 Å². The number of rotatable bonds is 7. The minimum atomic E-state index is -0.0484. The summed E-state index contributed by atoms with van der Waals surface area (Å²) in [6.07, 6.45) is 1.63. The topological polar surface area (TPSA) is 49.0 Å². The molecule has 0 aliphatic rings. The average molecular weight is 275 g/mol. The Bertz CT molecular complexity index is 587. The maximum atomic E-state index is 11.7. The molecule has 1 heterocycles. The molecule has 2 aromatic rings. The Labute approximate surface area is 118 Å². The predicted octanol–water partition coefficient (Wildman–Crippen LogP) is 1.75. The molecule has 0 saturated carbocycles. The highest BCUT2D eigenvalue weighted by Crippen LogP contribution is 2.02. The van der Waals surface area contributed by atoms with Crippen LogP contribution in [0.4, 0.5) is 0 Å². The maximum absolute atomic E-state index is 11.7. The van der Waals surface area contributed by atoms with Gasteiger partial charge in [0.05, 0.1) is 6.61 Å². The molecule has 0 spiro atoms. The Hall–Kier alpha value is -1.88. The molecule has 5 nitrogen and oxygen atoms in total. The van der Waals surface area contributed by atoms with Gasteiger partial charge in [-0.15, -0.1) is 0 Å². The average Bonchev–Trinajstić information content (AvgIpc) is 2.74. The van der Waals surface area contributed by atoms with Crippen molar-refractivity contribution < 1.29 is 4.74 Å². The van der Waals surface area contributed by atoms with E-state index in [9.17, 15) is 4.79 Å².